The van der Waals surface area contributed by atoms with Crippen LogP contribution in [-0.4, -0.2) is 133 Å². The number of allylic oxidation sites excluding steroid dienone is 3. The molecule has 11 unspecified atom stereocenters. The summed E-state index contributed by atoms with van der Waals surface area (Å²) in [5, 5.41) is 22.7. The van der Waals surface area contributed by atoms with E-state index in [1.165, 1.54) is 38.5 Å². The molecule has 10 nitrogen and oxygen atoms in total. The number of likely N-dealkylation sites (N-methyl/N-ethyl adjacent to an activating group) is 1. The number of esters is 1. The second-order valence-electron chi connectivity index (χ2n) is 16.5. The zero-order valence-corrected chi connectivity index (χ0v) is 32.9. The van der Waals surface area contributed by atoms with E-state index in [2.05, 4.69) is 15.9 Å². The van der Waals surface area contributed by atoms with Gasteiger partial charge in [-0.15, -0.1) is 0 Å². The number of carbonyl (C=O) groups is 2. The summed E-state index contributed by atoms with van der Waals surface area (Å²) in [5.74, 6) is -1.13. The predicted molar refractivity (Wildman–Crippen MR) is 201 cm³/mol. The van der Waals surface area contributed by atoms with E-state index in [1.807, 2.05) is 59.7 Å². The van der Waals surface area contributed by atoms with Crippen molar-refractivity contribution in [3.63, 3.8) is 0 Å². The number of ketones is 1. The highest BCUT2D eigenvalue weighted by atomic mass is 16.7. The van der Waals surface area contributed by atoms with Gasteiger partial charge in [0.25, 0.3) is 0 Å². The Morgan fingerprint density at radius 2 is 1.57 bits per heavy atom. The summed E-state index contributed by atoms with van der Waals surface area (Å²) in [4.78, 5) is 34.4. The van der Waals surface area contributed by atoms with Gasteiger partial charge in [-0.2, -0.15) is 0 Å². The first-order valence-electron chi connectivity index (χ1n) is 20.2. The molecule has 0 bridgehead atoms. The van der Waals surface area contributed by atoms with Crippen molar-refractivity contribution >= 4 is 11.8 Å². The second-order valence-corrected chi connectivity index (χ2v) is 16.5. The highest BCUT2D eigenvalue weighted by molar-refractivity contribution is 5.91. The van der Waals surface area contributed by atoms with Crippen molar-refractivity contribution < 1.29 is 34.0 Å². The topological polar surface area (TPSA) is 112 Å². The molecule has 10 heteroatoms. The van der Waals surface area contributed by atoms with Gasteiger partial charge in [-0.3, -0.25) is 9.59 Å². The van der Waals surface area contributed by atoms with E-state index in [1.54, 1.807) is 6.08 Å². The number of aliphatic hydroxyl groups is 2. The summed E-state index contributed by atoms with van der Waals surface area (Å²) in [6.45, 7) is 15.8. The van der Waals surface area contributed by atoms with Gasteiger partial charge in [-0.05, 0) is 118 Å². The molecular formula is C41H71N3O7. The fraction of sp³-hybridized carbons (Fsp3) is 0.854. The molecule has 0 spiro atoms. The minimum atomic E-state index is -1.01. The Kier molecular flexibility index (Phi) is 17.1. The Hall–Kier alpha value is -1.66. The zero-order chi connectivity index (χ0) is 37.1. The molecule has 0 amide bonds. The van der Waals surface area contributed by atoms with Crippen molar-refractivity contribution in [2.24, 2.45) is 23.7 Å². The Bertz CT molecular complexity index is 1130. The van der Waals surface area contributed by atoms with Crippen molar-refractivity contribution in [2.45, 2.75) is 148 Å². The third-order valence-electron chi connectivity index (χ3n) is 12.1. The van der Waals surface area contributed by atoms with Gasteiger partial charge in [0.15, 0.2) is 12.1 Å². The van der Waals surface area contributed by atoms with Gasteiger partial charge in [0.05, 0.1) is 30.8 Å². The van der Waals surface area contributed by atoms with Gasteiger partial charge in [0.2, 0.25) is 0 Å². The van der Waals surface area contributed by atoms with E-state index in [0.717, 1.165) is 51.3 Å². The molecule has 0 aromatic heterocycles. The molecule has 0 aromatic rings. The van der Waals surface area contributed by atoms with Crippen LogP contribution in [0, 0.1) is 23.7 Å². The molecule has 0 aromatic carbocycles. The molecule has 0 aliphatic carbocycles. The van der Waals surface area contributed by atoms with E-state index in [0.29, 0.717) is 19.3 Å². The average molecular weight is 718 g/mol. The van der Waals surface area contributed by atoms with E-state index in [4.69, 9.17) is 14.2 Å². The van der Waals surface area contributed by atoms with Gasteiger partial charge in [0, 0.05) is 36.8 Å². The van der Waals surface area contributed by atoms with E-state index < -0.39 is 42.6 Å². The van der Waals surface area contributed by atoms with E-state index >= 15 is 0 Å². The lowest BCUT2D eigenvalue weighted by molar-refractivity contribution is -0.265. The lowest BCUT2D eigenvalue weighted by atomic mass is 9.79. The molecular weight excluding hydrogens is 646 g/mol. The Morgan fingerprint density at radius 1 is 0.922 bits per heavy atom. The lowest BCUT2D eigenvalue weighted by Crippen LogP contribution is -2.55. The fourth-order valence-corrected chi connectivity index (χ4v) is 8.74. The van der Waals surface area contributed by atoms with Gasteiger partial charge in [0.1, 0.15) is 6.10 Å². The number of aliphatic hydroxyl groups excluding tert-OH is 2. The van der Waals surface area contributed by atoms with Crippen LogP contribution in [0.3, 0.4) is 0 Å². The highest BCUT2D eigenvalue weighted by Crippen LogP contribution is 2.35. The van der Waals surface area contributed by atoms with E-state index in [9.17, 15) is 19.8 Å². The van der Waals surface area contributed by atoms with Crippen LogP contribution < -0.4 is 0 Å². The van der Waals surface area contributed by atoms with Crippen molar-refractivity contribution in [1.29, 1.82) is 0 Å². The lowest BCUT2D eigenvalue weighted by Gasteiger charge is -2.44. The zero-order valence-electron chi connectivity index (χ0n) is 32.9. The number of hydrogen-bond donors (Lipinski definition) is 2. The number of carbonyl (C=O) groups excluding carboxylic acids is 2. The highest BCUT2D eigenvalue weighted by Gasteiger charge is 2.42. The molecule has 3 fully saturated rings. The average Bonchev–Trinajstić information content (AvgIpc) is 3.11. The first kappa shape index (κ1) is 42.1. The maximum Gasteiger partial charge on any atom is 0.308 e. The van der Waals surface area contributed by atoms with Gasteiger partial charge >= 0.3 is 5.97 Å². The smallest absolute Gasteiger partial charge is 0.308 e. The fourth-order valence-electron chi connectivity index (χ4n) is 8.74. The van der Waals surface area contributed by atoms with E-state index in [-0.39, 0.29) is 42.1 Å². The van der Waals surface area contributed by atoms with Crippen LogP contribution in [0.5, 0.6) is 0 Å². The SMILES string of the molecule is CCC1OC(=O)CC(O)C(C)C(OC2CC(N(C)C)C(O)C(C)O2)C(CCN2CCCCC2)CC(C)C(=O)/C=C/C(C)=C/C1CN1CCCCC1. The minimum absolute atomic E-state index is 0.0302. The molecule has 0 radical (unpaired) electrons. The number of likely N-dealkylation sites (tertiary alicyclic amines) is 2. The molecule has 4 heterocycles. The van der Waals surface area contributed by atoms with Crippen LogP contribution in [0.15, 0.2) is 23.8 Å². The van der Waals surface area contributed by atoms with Crippen molar-refractivity contribution in [1.82, 2.24) is 14.7 Å². The molecule has 51 heavy (non-hydrogen) atoms. The van der Waals surface area contributed by atoms with Gasteiger partial charge in [-0.25, -0.2) is 0 Å². The van der Waals surface area contributed by atoms with Gasteiger partial charge in [-0.1, -0.05) is 51.3 Å². The van der Waals surface area contributed by atoms with Crippen molar-refractivity contribution in [3.8, 4) is 0 Å². The Morgan fingerprint density at radius 3 is 2.20 bits per heavy atom. The summed E-state index contributed by atoms with van der Waals surface area (Å²) in [6.07, 6.45) is 11.9. The number of nitrogens with zero attached hydrogens (tertiary/aromatic N) is 3. The summed E-state index contributed by atoms with van der Waals surface area (Å²) in [6, 6.07) is -0.155. The normalized spacial score (nSPS) is 39.3. The molecule has 4 aliphatic heterocycles. The number of hydrogen-bond acceptors (Lipinski definition) is 10. The van der Waals surface area contributed by atoms with Gasteiger partial charge < -0.3 is 39.1 Å². The van der Waals surface area contributed by atoms with Crippen LogP contribution in [0.25, 0.3) is 0 Å². The molecule has 0 saturated carbocycles. The number of piperidine rings is 2. The quantitative estimate of drug-likeness (QED) is 0.309. The summed E-state index contributed by atoms with van der Waals surface area (Å²) < 4.78 is 19.4. The maximum atomic E-state index is 13.8. The van der Waals surface area contributed by atoms with Crippen LogP contribution in [0.1, 0.15) is 105 Å². The predicted octanol–water partition coefficient (Wildman–Crippen LogP) is 5.21. The third kappa shape index (κ3) is 12.7. The number of ether oxygens (including phenoxy) is 3. The minimum Gasteiger partial charge on any atom is -0.462 e. The maximum absolute atomic E-state index is 13.8. The van der Waals surface area contributed by atoms with Crippen molar-refractivity contribution in [3.05, 3.63) is 23.8 Å². The first-order valence-corrected chi connectivity index (χ1v) is 20.2. The number of cyclic esters (lactones) is 1. The summed E-state index contributed by atoms with van der Waals surface area (Å²) >= 11 is 0. The standard InChI is InChI=1S/C41H71N3O7/c1-8-37-33(27-44-20-13-10-14-21-44)23-28(2)15-16-35(45)29(3)24-32(17-22-43-18-11-9-12-19-43)41(30(4)36(46)26-38(47)50-37)51-39-25-34(42(6)7)40(48)31(5)49-39/h15-16,23,29-34,36-37,39-41,46,48H,8-14,17-22,24-27H2,1-7H3/b16-15+,28-23+. The van der Waals surface area contributed by atoms with Crippen LogP contribution in [-0.2, 0) is 23.8 Å². The third-order valence-corrected chi connectivity index (χ3v) is 12.1. The van der Waals surface area contributed by atoms with Crippen molar-refractivity contribution in [2.75, 3.05) is 53.4 Å². The summed E-state index contributed by atoms with van der Waals surface area (Å²) in [5.41, 5.74) is 0.983. The second kappa shape index (κ2) is 20.7. The molecule has 4 rings (SSSR count). The Balaban J connectivity index is 1.66. The summed E-state index contributed by atoms with van der Waals surface area (Å²) in [7, 11) is 3.90. The monoisotopic (exact) mass is 718 g/mol. The molecule has 2 N–H and O–H groups in total. The molecule has 292 valence electrons. The van der Waals surface area contributed by atoms with Crippen LogP contribution >= 0.6 is 0 Å². The Labute approximate surface area is 308 Å². The molecule has 4 aliphatic rings. The van der Waals surface area contributed by atoms with Crippen LogP contribution in [0.4, 0.5) is 0 Å². The number of rotatable bonds is 9. The largest absolute Gasteiger partial charge is 0.462 e. The van der Waals surface area contributed by atoms with Crippen LogP contribution in [0.2, 0.25) is 0 Å². The first-order chi connectivity index (χ1) is 24.4. The molecule has 3 saturated heterocycles. The molecule has 11 atom stereocenters.